The van der Waals surface area contributed by atoms with E-state index in [1.807, 2.05) is 6.07 Å². The summed E-state index contributed by atoms with van der Waals surface area (Å²) in [5.41, 5.74) is 5.85. The van der Waals surface area contributed by atoms with Gasteiger partial charge in [-0.15, -0.1) is 0 Å². The Morgan fingerprint density at radius 1 is 1.11 bits per heavy atom. The van der Waals surface area contributed by atoms with Crippen LogP contribution in [0.4, 0.5) is 11.4 Å². The Labute approximate surface area is 168 Å². The summed E-state index contributed by atoms with van der Waals surface area (Å²) in [6, 6.07) is 14.8. The number of carbonyl (C=O) groups excluding carboxylic acids is 1. The molecule has 4 heteroatoms. The quantitative estimate of drug-likeness (QED) is 0.868. The van der Waals surface area contributed by atoms with E-state index < -0.39 is 0 Å². The van der Waals surface area contributed by atoms with Gasteiger partial charge in [-0.2, -0.15) is 0 Å². The topological polar surface area (TPSA) is 35.6 Å². The molecular formula is C24H31N3O. The van der Waals surface area contributed by atoms with Gasteiger partial charge < -0.3 is 15.1 Å². The van der Waals surface area contributed by atoms with E-state index >= 15 is 0 Å². The first-order chi connectivity index (χ1) is 13.7. The lowest BCUT2D eigenvalue weighted by Crippen LogP contribution is -2.46. The lowest BCUT2D eigenvalue weighted by Gasteiger charge is -2.35. The Morgan fingerprint density at radius 3 is 2.64 bits per heavy atom. The summed E-state index contributed by atoms with van der Waals surface area (Å²) in [4.78, 5) is 17.9. The standard InChI is InChI=1S/C24H31N3O/c1-3-26-13-15-27(16-14-26)20-11-12-23(18(2)17-20)25-24(28)22-10-6-8-19-7-4-5-9-21(19)22/h4-5,7,9,11-12,17,22H,3,6,8,10,13-16H2,1-2H3,(H,25,28). The molecule has 1 saturated heterocycles. The van der Waals surface area contributed by atoms with E-state index in [0.717, 1.165) is 63.2 Å². The summed E-state index contributed by atoms with van der Waals surface area (Å²) < 4.78 is 0. The second-order valence-corrected chi connectivity index (χ2v) is 8.05. The van der Waals surface area contributed by atoms with E-state index in [2.05, 4.69) is 65.4 Å². The molecule has 28 heavy (non-hydrogen) atoms. The molecule has 1 atom stereocenters. The fraction of sp³-hybridized carbons (Fsp3) is 0.458. The number of nitrogens with one attached hydrogen (secondary N) is 1. The van der Waals surface area contributed by atoms with Crippen LogP contribution in [0.15, 0.2) is 42.5 Å². The second kappa shape index (κ2) is 8.36. The van der Waals surface area contributed by atoms with E-state index in [1.165, 1.54) is 16.8 Å². The number of rotatable bonds is 4. The van der Waals surface area contributed by atoms with Gasteiger partial charge in [-0.05, 0) is 67.6 Å². The minimum Gasteiger partial charge on any atom is -0.369 e. The van der Waals surface area contributed by atoms with Crippen molar-refractivity contribution < 1.29 is 4.79 Å². The Balaban J connectivity index is 1.45. The number of carbonyl (C=O) groups is 1. The zero-order valence-electron chi connectivity index (χ0n) is 17.1. The number of fused-ring (bicyclic) bond motifs is 1. The smallest absolute Gasteiger partial charge is 0.231 e. The SMILES string of the molecule is CCN1CCN(c2ccc(NC(=O)C3CCCc4ccccc43)c(C)c2)CC1. The number of piperazine rings is 1. The zero-order valence-corrected chi connectivity index (χ0v) is 17.1. The Hall–Kier alpha value is -2.33. The fourth-order valence-corrected chi connectivity index (χ4v) is 4.55. The molecule has 2 aromatic carbocycles. The summed E-state index contributed by atoms with van der Waals surface area (Å²) in [6.07, 6.45) is 3.09. The van der Waals surface area contributed by atoms with Gasteiger partial charge in [0.2, 0.25) is 5.91 Å². The minimum absolute atomic E-state index is 0.0360. The number of aryl methyl sites for hydroxylation is 2. The van der Waals surface area contributed by atoms with Crippen molar-refractivity contribution in [3.8, 4) is 0 Å². The number of benzene rings is 2. The van der Waals surface area contributed by atoms with Gasteiger partial charge in [0.1, 0.15) is 0 Å². The van der Waals surface area contributed by atoms with E-state index in [9.17, 15) is 4.79 Å². The van der Waals surface area contributed by atoms with Gasteiger partial charge in [-0.1, -0.05) is 31.2 Å². The predicted molar refractivity (Wildman–Crippen MR) is 116 cm³/mol. The molecule has 4 rings (SSSR count). The van der Waals surface area contributed by atoms with Gasteiger partial charge in [-0.25, -0.2) is 0 Å². The molecule has 2 aliphatic rings. The van der Waals surface area contributed by atoms with Gasteiger partial charge in [0.15, 0.2) is 0 Å². The molecule has 0 spiro atoms. The van der Waals surface area contributed by atoms with Gasteiger partial charge in [0, 0.05) is 37.6 Å². The highest BCUT2D eigenvalue weighted by atomic mass is 16.1. The number of likely N-dealkylation sites (N-methyl/N-ethyl adjacent to an activating group) is 1. The number of amides is 1. The molecule has 0 aromatic heterocycles. The van der Waals surface area contributed by atoms with Crippen LogP contribution < -0.4 is 10.2 Å². The van der Waals surface area contributed by atoms with Crippen molar-refractivity contribution in [3.05, 3.63) is 59.2 Å². The van der Waals surface area contributed by atoms with Crippen LogP contribution in [0.5, 0.6) is 0 Å². The van der Waals surface area contributed by atoms with E-state index in [-0.39, 0.29) is 11.8 Å². The van der Waals surface area contributed by atoms with Crippen molar-refractivity contribution in [1.29, 1.82) is 0 Å². The maximum atomic E-state index is 13.0. The molecule has 1 aliphatic heterocycles. The highest BCUT2D eigenvalue weighted by Crippen LogP contribution is 2.33. The molecule has 0 saturated carbocycles. The maximum Gasteiger partial charge on any atom is 0.231 e. The molecule has 2 aromatic rings. The maximum absolute atomic E-state index is 13.0. The molecule has 4 nitrogen and oxygen atoms in total. The minimum atomic E-state index is -0.0360. The summed E-state index contributed by atoms with van der Waals surface area (Å²) in [7, 11) is 0. The molecule has 0 radical (unpaired) electrons. The van der Waals surface area contributed by atoms with E-state index in [4.69, 9.17) is 0 Å². The van der Waals surface area contributed by atoms with Crippen LogP contribution in [-0.2, 0) is 11.2 Å². The molecule has 0 bridgehead atoms. The van der Waals surface area contributed by atoms with Gasteiger partial charge in [0.25, 0.3) is 0 Å². The third-order valence-electron chi connectivity index (χ3n) is 6.34. The normalized spacial score (nSPS) is 19.9. The van der Waals surface area contributed by atoms with Gasteiger partial charge in [-0.3, -0.25) is 4.79 Å². The third kappa shape index (κ3) is 3.93. The van der Waals surface area contributed by atoms with Crippen molar-refractivity contribution >= 4 is 17.3 Å². The molecule has 1 fully saturated rings. The van der Waals surface area contributed by atoms with Crippen LogP contribution >= 0.6 is 0 Å². The van der Waals surface area contributed by atoms with Crippen LogP contribution in [0.2, 0.25) is 0 Å². The fourth-order valence-electron chi connectivity index (χ4n) is 4.55. The van der Waals surface area contributed by atoms with Gasteiger partial charge in [0.05, 0.1) is 5.92 Å². The Kier molecular flexibility index (Phi) is 5.67. The predicted octanol–water partition coefficient (Wildman–Crippen LogP) is 4.20. The van der Waals surface area contributed by atoms with Crippen molar-refractivity contribution in [2.45, 2.75) is 39.0 Å². The first kappa shape index (κ1) is 19.0. The Bertz CT molecular complexity index is 839. The molecule has 1 N–H and O–H groups in total. The first-order valence-corrected chi connectivity index (χ1v) is 10.6. The number of hydrogen-bond acceptors (Lipinski definition) is 3. The summed E-state index contributed by atoms with van der Waals surface area (Å²) in [5.74, 6) is 0.0886. The number of nitrogens with zero attached hydrogens (tertiary/aromatic N) is 2. The lowest BCUT2D eigenvalue weighted by molar-refractivity contribution is -0.117. The lowest BCUT2D eigenvalue weighted by atomic mass is 9.82. The zero-order chi connectivity index (χ0) is 19.5. The first-order valence-electron chi connectivity index (χ1n) is 10.6. The van der Waals surface area contributed by atoms with Crippen LogP contribution in [0.1, 0.15) is 42.4 Å². The molecule has 1 heterocycles. The van der Waals surface area contributed by atoms with Crippen LogP contribution in [0, 0.1) is 6.92 Å². The van der Waals surface area contributed by atoms with Crippen molar-refractivity contribution in [1.82, 2.24) is 4.90 Å². The summed E-state index contributed by atoms with van der Waals surface area (Å²) in [6.45, 7) is 9.82. The highest BCUT2D eigenvalue weighted by molar-refractivity contribution is 5.97. The van der Waals surface area contributed by atoms with Gasteiger partial charge >= 0.3 is 0 Å². The summed E-state index contributed by atoms with van der Waals surface area (Å²) >= 11 is 0. The average molecular weight is 378 g/mol. The summed E-state index contributed by atoms with van der Waals surface area (Å²) in [5, 5.41) is 3.20. The third-order valence-corrected chi connectivity index (χ3v) is 6.34. The largest absolute Gasteiger partial charge is 0.369 e. The van der Waals surface area contributed by atoms with Crippen LogP contribution in [-0.4, -0.2) is 43.5 Å². The number of hydrogen-bond donors (Lipinski definition) is 1. The molecule has 1 unspecified atom stereocenters. The van der Waals surface area contributed by atoms with Crippen LogP contribution in [0.3, 0.4) is 0 Å². The van der Waals surface area contributed by atoms with Crippen molar-refractivity contribution in [2.24, 2.45) is 0 Å². The van der Waals surface area contributed by atoms with Crippen molar-refractivity contribution in [3.63, 3.8) is 0 Å². The van der Waals surface area contributed by atoms with Crippen molar-refractivity contribution in [2.75, 3.05) is 42.9 Å². The Morgan fingerprint density at radius 2 is 1.89 bits per heavy atom. The molecule has 1 aliphatic carbocycles. The monoisotopic (exact) mass is 377 g/mol. The average Bonchev–Trinajstić information content (AvgIpc) is 2.74. The number of anilines is 2. The second-order valence-electron chi connectivity index (χ2n) is 8.05. The van der Waals surface area contributed by atoms with Crippen LogP contribution in [0.25, 0.3) is 0 Å². The molecule has 1 amide bonds. The van der Waals surface area contributed by atoms with E-state index in [0.29, 0.717) is 0 Å². The molecule has 148 valence electrons. The highest BCUT2D eigenvalue weighted by Gasteiger charge is 2.26. The molecular weight excluding hydrogens is 346 g/mol. The van der Waals surface area contributed by atoms with E-state index in [1.54, 1.807) is 0 Å².